The molecule has 0 N–H and O–H groups in total. The van der Waals surface area contributed by atoms with E-state index in [2.05, 4.69) is 41.1 Å². The second-order valence-electron chi connectivity index (χ2n) is 4.24. The highest BCUT2D eigenvalue weighted by Crippen LogP contribution is 2.19. The summed E-state index contributed by atoms with van der Waals surface area (Å²) in [5.41, 5.74) is 2.44. The van der Waals surface area contributed by atoms with E-state index in [0.717, 1.165) is 23.9 Å². The van der Waals surface area contributed by atoms with Gasteiger partial charge in [0.1, 0.15) is 0 Å². The smallest absolute Gasteiger partial charge is 0.158 e. The lowest BCUT2D eigenvalue weighted by atomic mass is 10.1. The van der Waals surface area contributed by atoms with Gasteiger partial charge >= 0.3 is 0 Å². The molecule has 0 bridgehead atoms. The first kappa shape index (κ1) is 12.1. The average Bonchev–Trinajstić information content (AvgIpc) is 2.27. The summed E-state index contributed by atoms with van der Waals surface area (Å²) in [5.74, 6) is 0. The third-order valence-corrected chi connectivity index (χ3v) is 3.13. The van der Waals surface area contributed by atoms with Crippen molar-refractivity contribution in [2.45, 2.75) is 39.1 Å². The highest BCUT2D eigenvalue weighted by atomic mass is 79.9. The molecule has 2 rings (SSSR count). The first-order valence-corrected chi connectivity index (χ1v) is 6.52. The van der Waals surface area contributed by atoms with Crippen molar-refractivity contribution in [3.8, 4) is 0 Å². The normalized spacial score (nSPS) is 21.0. The maximum Gasteiger partial charge on any atom is 0.158 e. The summed E-state index contributed by atoms with van der Waals surface area (Å²) in [6, 6.07) is 6.34. The number of rotatable bonds is 3. The van der Waals surface area contributed by atoms with E-state index in [9.17, 15) is 0 Å². The van der Waals surface area contributed by atoms with Gasteiger partial charge in [0.05, 0.1) is 6.61 Å². The lowest BCUT2D eigenvalue weighted by Gasteiger charge is -2.22. The van der Waals surface area contributed by atoms with E-state index in [0.29, 0.717) is 6.61 Å². The fraction of sp³-hybridized carbons (Fsp3) is 0.538. The number of hydrogen-bond donors (Lipinski definition) is 0. The third-order valence-electron chi connectivity index (χ3n) is 2.68. The molecule has 2 nitrogen and oxygen atoms in total. The fourth-order valence-corrected chi connectivity index (χ4v) is 2.58. The molecule has 88 valence electrons. The van der Waals surface area contributed by atoms with Crippen LogP contribution in [0.2, 0.25) is 0 Å². The Bertz CT molecular complexity index is 326. The molecule has 3 heteroatoms. The summed E-state index contributed by atoms with van der Waals surface area (Å²) in [7, 11) is 0. The molecular weight excluding hydrogens is 268 g/mol. The highest BCUT2D eigenvalue weighted by Gasteiger charge is 2.13. The van der Waals surface area contributed by atoms with E-state index < -0.39 is 0 Å². The Balaban J connectivity index is 1.88. The van der Waals surface area contributed by atoms with Gasteiger partial charge in [-0.3, -0.25) is 0 Å². The molecule has 1 aliphatic heterocycles. The molecule has 1 aromatic rings. The SMILES string of the molecule is Cc1cc(Br)cc(COC2CCCCO2)c1. The summed E-state index contributed by atoms with van der Waals surface area (Å²) in [6.07, 6.45) is 3.39. The van der Waals surface area contributed by atoms with Gasteiger partial charge in [0, 0.05) is 11.1 Å². The number of halogens is 1. The van der Waals surface area contributed by atoms with Crippen molar-refractivity contribution in [3.63, 3.8) is 0 Å². The summed E-state index contributed by atoms with van der Waals surface area (Å²) < 4.78 is 12.4. The topological polar surface area (TPSA) is 18.5 Å². The molecule has 0 amide bonds. The molecule has 0 saturated carbocycles. The summed E-state index contributed by atoms with van der Waals surface area (Å²) >= 11 is 3.49. The average molecular weight is 285 g/mol. The maximum atomic E-state index is 5.74. The molecule has 1 aromatic carbocycles. The van der Waals surface area contributed by atoms with Gasteiger partial charge in [-0.25, -0.2) is 0 Å². The Hall–Kier alpha value is -0.380. The lowest BCUT2D eigenvalue weighted by molar-refractivity contribution is -0.168. The van der Waals surface area contributed by atoms with Crippen LogP contribution in [0.25, 0.3) is 0 Å². The predicted molar refractivity (Wildman–Crippen MR) is 67.3 cm³/mol. The molecule has 0 spiro atoms. The van der Waals surface area contributed by atoms with Gasteiger partial charge in [-0.1, -0.05) is 22.0 Å². The van der Waals surface area contributed by atoms with Crippen molar-refractivity contribution in [3.05, 3.63) is 33.8 Å². The number of hydrogen-bond acceptors (Lipinski definition) is 2. The van der Waals surface area contributed by atoms with Crippen LogP contribution in [0.3, 0.4) is 0 Å². The zero-order valence-corrected chi connectivity index (χ0v) is 11.1. The number of aryl methyl sites for hydroxylation is 1. The number of ether oxygens (including phenoxy) is 2. The van der Waals surface area contributed by atoms with Crippen LogP contribution in [-0.2, 0) is 16.1 Å². The van der Waals surface area contributed by atoms with Crippen LogP contribution in [0.4, 0.5) is 0 Å². The lowest BCUT2D eigenvalue weighted by Crippen LogP contribution is -2.22. The van der Waals surface area contributed by atoms with Crippen molar-refractivity contribution in [1.82, 2.24) is 0 Å². The zero-order valence-electron chi connectivity index (χ0n) is 9.54. The van der Waals surface area contributed by atoms with Gasteiger partial charge in [0.25, 0.3) is 0 Å². The molecule has 0 radical (unpaired) electrons. The van der Waals surface area contributed by atoms with Gasteiger partial charge in [-0.05, 0) is 49.4 Å². The van der Waals surface area contributed by atoms with Crippen LogP contribution in [0.5, 0.6) is 0 Å². The van der Waals surface area contributed by atoms with Crippen molar-refractivity contribution in [1.29, 1.82) is 0 Å². The van der Waals surface area contributed by atoms with E-state index in [1.807, 2.05) is 0 Å². The standard InChI is InChI=1S/C13H17BrO2/c1-10-6-11(8-12(14)7-10)9-16-13-4-2-3-5-15-13/h6-8,13H,2-5,9H2,1H3. The van der Waals surface area contributed by atoms with Gasteiger partial charge in [-0.2, -0.15) is 0 Å². The molecule has 0 aliphatic carbocycles. The van der Waals surface area contributed by atoms with E-state index >= 15 is 0 Å². The fourth-order valence-electron chi connectivity index (χ4n) is 1.93. The first-order valence-electron chi connectivity index (χ1n) is 5.73. The maximum absolute atomic E-state index is 5.74. The van der Waals surface area contributed by atoms with Gasteiger partial charge in [0.2, 0.25) is 0 Å². The van der Waals surface area contributed by atoms with Crippen molar-refractivity contribution < 1.29 is 9.47 Å². The molecule has 16 heavy (non-hydrogen) atoms. The summed E-state index contributed by atoms with van der Waals surface area (Å²) in [5, 5.41) is 0. The van der Waals surface area contributed by atoms with Crippen LogP contribution in [0.15, 0.2) is 22.7 Å². The zero-order chi connectivity index (χ0) is 11.4. The minimum Gasteiger partial charge on any atom is -0.353 e. The molecule has 1 atom stereocenters. The highest BCUT2D eigenvalue weighted by molar-refractivity contribution is 9.10. The van der Waals surface area contributed by atoms with E-state index in [-0.39, 0.29) is 6.29 Å². The minimum atomic E-state index is -0.00645. The van der Waals surface area contributed by atoms with Crippen LogP contribution in [0, 0.1) is 6.92 Å². The molecule has 1 unspecified atom stereocenters. The number of benzene rings is 1. The van der Waals surface area contributed by atoms with Crippen LogP contribution >= 0.6 is 15.9 Å². The van der Waals surface area contributed by atoms with Crippen LogP contribution < -0.4 is 0 Å². The van der Waals surface area contributed by atoms with E-state index in [1.54, 1.807) is 0 Å². The Labute approximate surface area is 105 Å². The van der Waals surface area contributed by atoms with Crippen molar-refractivity contribution >= 4 is 15.9 Å². The van der Waals surface area contributed by atoms with E-state index in [4.69, 9.17) is 9.47 Å². The summed E-state index contributed by atoms with van der Waals surface area (Å²) in [4.78, 5) is 0. The van der Waals surface area contributed by atoms with Gasteiger partial charge in [-0.15, -0.1) is 0 Å². The van der Waals surface area contributed by atoms with Crippen LogP contribution in [0.1, 0.15) is 30.4 Å². The second kappa shape index (κ2) is 5.80. The Morgan fingerprint density at radius 2 is 2.25 bits per heavy atom. The Morgan fingerprint density at radius 1 is 1.38 bits per heavy atom. The quantitative estimate of drug-likeness (QED) is 0.841. The summed E-state index contributed by atoms with van der Waals surface area (Å²) in [6.45, 7) is 3.55. The van der Waals surface area contributed by atoms with Gasteiger partial charge in [0.15, 0.2) is 6.29 Å². The molecule has 0 aromatic heterocycles. The Kier molecular flexibility index (Phi) is 4.38. The largest absolute Gasteiger partial charge is 0.353 e. The minimum absolute atomic E-state index is 0.00645. The van der Waals surface area contributed by atoms with Crippen molar-refractivity contribution in [2.24, 2.45) is 0 Å². The third kappa shape index (κ3) is 3.58. The van der Waals surface area contributed by atoms with E-state index in [1.165, 1.54) is 17.5 Å². The van der Waals surface area contributed by atoms with Crippen LogP contribution in [-0.4, -0.2) is 12.9 Å². The molecule has 1 heterocycles. The monoisotopic (exact) mass is 284 g/mol. The molecular formula is C13H17BrO2. The molecule has 1 aliphatic rings. The first-order chi connectivity index (χ1) is 7.74. The Morgan fingerprint density at radius 3 is 2.94 bits per heavy atom. The molecule has 1 fully saturated rings. The predicted octanol–water partition coefficient (Wildman–Crippen LogP) is 3.80. The second-order valence-corrected chi connectivity index (χ2v) is 5.16. The van der Waals surface area contributed by atoms with Crippen molar-refractivity contribution in [2.75, 3.05) is 6.61 Å². The van der Waals surface area contributed by atoms with Gasteiger partial charge < -0.3 is 9.47 Å². The molecule has 1 saturated heterocycles.